The molecule has 81 valence electrons. The van der Waals surface area contributed by atoms with E-state index < -0.39 is 0 Å². The van der Waals surface area contributed by atoms with Gasteiger partial charge in [0.25, 0.3) is 0 Å². The summed E-state index contributed by atoms with van der Waals surface area (Å²) in [5.74, 6) is 0. The summed E-state index contributed by atoms with van der Waals surface area (Å²) in [7, 11) is 4.12. The Morgan fingerprint density at radius 1 is 0.733 bits per heavy atom. The van der Waals surface area contributed by atoms with Crippen LogP contribution in [0.3, 0.4) is 0 Å². The topological polar surface area (TPSA) is 6.48 Å². The molecule has 15 heavy (non-hydrogen) atoms. The summed E-state index contributed by atoms with van der Waals surface area (Å²) in [5, 5.41) is 0. The van der Waals surface area contributed by atoms with Crippen molar-refractivity contribution in [3.05, 3.63) is 60.3 Å². The maximum absolute atomic E-state index is 2.12. The molecule has 0 aromatic carbocycles. The fourth-order valence-corrected chi connectivity index (χ4v) is 1.58. The van der Waals surface area contributed by atoms with E-state index in [1.807, 2.05) is 12.2 Å². The minimum Gasteiger partial charge on any atom is -0.349 e. The van der Waals surface area contributed by atoms with Crippen LogP contribution in [0.25, 0.3) is 0 Å². The van der Waals surface area contributed by atoms with Crippen LogP contribution < -0.4 is 0 Å². The predicted molar refractivity (Wildman–Crippen MR) is 59.1 cm³/mol. The van der Waals surface area contributed by atoms with E-state index in [1.165, 1.54) is 11.4 Å². The molecule has 0 N–H and O–H groups in total. The first-order valence-corrected chi connectivity index (χ1v) is 4.69. The molecule has 3 heteroatoms. The number of hydrogen-bond donors (Lipinski definition) is 0. The summed E-state index contributed by atoms with van der Waals surface area (Å²) < 4.78 is 0. The van der Waals surface area contributed by atoms with Crippen molar-refractivity contribution in [1.29, 1.82) is 0 Å². The van der Waals surface area contributed by atoms with Crippen molar-refractivity contribution in [3.63, 3.8) is 0 Å². The maximum Gasteiger partial charge on any atom is 0.0644 e. The molecule has 0 spiro atoms. The van der Waals surface area contributed by atoms with Gasteiger partial charge in [0, 0.05) is 46.6 Å². The molecule has 2 aliphatic rings. The van der Waals surface area contributed by atoms with Crippen LogP contribution >= 0.6 is 0 Å². The van der Waals surface area contributed by atoms with Crippen molar-refractivity contribution in [1.82, 2.24) is 9.80 Å². The van der Waals surface area contributed by atoms with E-state index >= 15 is 0 Å². The van der Waals surface area contributed by atoms with Gasteiger partial charge in [0.1, 0.15) is 0 Å². The summed E-state index contributed by atoms with van der Waals surface area (Å²) in [6.07, 6.45) is 16.5. The fraction of sp³-hybridized carbons (Fsp3) is 0.167. The van der Waals surface area contributed by atoms with Crippen LogP contribution in [0, 0.1) is 0 Å². The minimum atomic E-state index is 0. The molecule has 0 unspecified atom stereocenters. The molecular weight excluding hydrogens is 364 g/mol. The predicted octanol–water partition coefficient (Wildman–Crippen LogP) is 2.23. The van der Waals surface area contributed by atoms with Gasteiger partial charge in [0.15, 0.2) is 0 Å². The number of allylic oxidation sites excluding steroid dienone is 6. The minimum absolute atomic E-state index is 0. The van der Waals surface area contributed by atoms with Gasteiger partial charge in [-0.1, -0.05) is 12.2 Å². The van der Waals surface area contributed by atoms with Gasteiger partial charge in [-0.2, -0.15) is 0 Å². The Morgan fingerprint density at radius 3 is 1.47 bits per heavy atom. The molecule has 1 radical (unpaired) electrons. The van der Waals surface area contributed by atoms with E-state index in [1.54, 1.807) is 0 Å². The van der Waals surface area contributed by atoms with Crippen molar-refractivity contribution in [2.75, 3.05) is 14.1 Å². The van der Waals surface area contributed by atoms with E-state index in [4.69, 9.17) is 0 Å². The zero-order valence-electron chi connectivity index (χ0n) is 8.85. The summed E-state index contributed by atoms with van der Waals surface area (Å²) >= 11 is 0. The van der Waals surface area contributed by atoms with Crippen LogP contribution in [-0.2, 0) is 20.1 Å². The van der Waals surface area contributed by atoms with Crippen LogP contribution in [0.1, 0.15) is 0 Å². The van der Waals surface area contributed by atoms with Gasteiger partial charge in [0.2, 0.25) is 0 Å². The molecule has 2 aliphatic heterocycles. The second-order valence-electron chi connectivity index (χ2n) is 3.39. The first kappa shape index (κ1) is 12.0. The second kappa shape index (κ2) is 5.15. The molecule has 0 aliphatic carbocycles. The first-order chi connectivity index (χ1) is 6.79. The molecule has 0 atom stereocenters. The van der Waals surface area contributed by atoms with Gasteiger partial charge in [-0.25, -0.2) is 0 Å². The number of likely N-dealkylation sites (N-methyl/N-ethyl adjacent to an activating group) is 2. The van der Waals surface area contributed by atoms with Crippen LogP contribution in [0.2, 0.25) is 0 Å². The third kappa shape index (κ3) is 2.49. The molecule has 0 fully saturated rings. The zero-order chi connectivity index (χ0) is 9.97. The molecule has 2 heterocycles. The average Bonchev–Trinajstić information content (AvgIpc) is 2.20. The molecular formula is C12H14IrN2. The normalized spacial score (nSPS) is 23.3. The Bertz CT molecular complexity index is 339. The molecule has 0 aromatic heterocycles. The quantitative estimate of drug-likeness (QED) is 0.638. The van der Waals surface area contributed by atoms with E-state index in [0.717, 1.165) is 0 Å². The van der Waals surface area contributed by atoms with E-state index in [0.29, 0.717) is 0 Å². The van der Waals surface area contributed by atoms with E-state index in [2.05, 4.69) is 60.6 Å². The maximum atomic E-state index is 2.12. The third-order valence-corrected chi connectivity index (χ3v) is 2.37. The molecule has 0 saturated carbocycles. The van der Waals surface area contributed by atoms with Gasteiger partial charge in [0.05, 0.1) is 11.4 Å². The van der Waals surface area contributed by atoms with Crippen LogP contribution in [0.15, 0.2) is 60.3 Å². The van der Waals surface area contributed by atoms with Crippen molar-refractivity contribution in [2.24, 2.45) is 0 Å². The van der Waals surface area contributed by atoms with Gasteiger partial charge in [-0.3, -0.25) is 0 Å². The Morgan fingerprint density at radius 2 is 1.13 bits per heavy atom. The first-order valence-electron chi connectivity index (χ1n) is 4.69. The molecule has 2 rings (SSSR count). The fourth-order valence-electron chi connectivity index (χ4n) is 1.58. The smallest absolute Gasteiger partial charge is 0.0644 e. The van der Waals surface area contributed by atoms with Gasteiger partial charge in [-0.15, -0.1) is 0 Å². The number of nitrogens with zero attached hydrogens (tertiary/aromatic N) is 2. The molecule has 0 bridgehead atoms. The van der Waals surface area contributed by atoms with Crippen LogP contribution in [0.4, 0.5) is 0 Å². The van der Waals surface area contributed by atoms with Gasteiger partial charge in [-0.05, 0) is 24.3 Å². The summed E-state index contributed by atoms with van der Waals surface area (Å²) in [4.78, 5) is 4.24. The zero-order valence-corrected chi connectivity index (χ0v) is 11.2. The number of hydrogen-bond acceptors (Lipinski definition) is 2. The van der Waals surface area contributed by atoms with E-state index in [-0.39, 0.29) is 20.1 Å². The Labute approximate surface area is 104 Å². The molecule has 0 amide bonds. The summed E-state index contributed by atoms with van der Waals surface area (Å²) in [6.45, 7) is 0. The van der Waals surface area contributed by atoms with Crippen LogP contribution in [0.5, 0.6) is 0 Å². The second-order valence-corrected chi connectivity index (χ2v) is 3.39. The number of rotatable bonds is 0. The molecule has 0 saturated heterocycles. The van der Waals surface area contributed by atoms with E-state index in [9.17, 15) is 0 Å². The van der Waals surface area contributed by atoms with Crippen molar-refractivity contribution >= 4 is 0 Å². The Hall–Kier alpha value is -1.05. The van der Waals surface area contributed by atoms with Gasteiger partial charge < -0.3 is 9.80 Å². The van der Waals surface area contributed by atoms with Gasteiger partial charge >= 0.3 is 0 Å². The SMILES string of the molecule is CN1C=CC=CC1=C1C=CC=CN1C.[Ir]. The van der Waals surface area contributed by atoms with Crippen molar-refractivity contribution < 1.29 is 20.1 Å². The van der Waals surface area contributed by atoms with Crippen LogP contribution in [-0.4, -0.2) is 23.9 Å². The molecule has 2 nitrogen and oxygen atoms in total. The Kier molecular flexibility index (Phi) is 4.13. The monoisotopic (exact) mass is 379 g/mol. The molecule has 0 aromatic rings. The standard InChI is InChI=1S/C12H14N2.Ir/c1-13-9-5-3-7-11(13)12-8-4-6-10-14(12)2;/h3-10H,1-2H3;. The summed E-state index contributed by atoms with van der Waals surface area (Å²) in [5.41, 5.74) is 2.44. The van der Waals surface area contributed by atoms with Crippen molar-refractivity contribution in [3.8, 4) is 0 Å². The largest absolute Gasteiger partial charge is 0.349 e. The average molecular weight is 378 g/mol. The summed E-state index contributed by atoms with van der Waals surface area (Å²) in [6, 6.07) is 0. The third-order valence-electron chi connectivity index (χ3n) is 2.37. The van der Waals surface area contributed by atoms with Crippen molar-refractivity contribution in [2.45, 2.75) is 0 Å². The Balaban J connectivity index is 0.00000112.